The second-order valence-electron chi connectivity index (χ2n) is 6.21. The maximum Gasteiger partial charge on any atom is 0.177 e. The van der Waals surface area contributed by atoms with Crippen LogP contribution < -0.4 is 0 Å². The molecule has 0 bridgehead atoms. The zero-order chi connectivity index (χ0) is 15.9. The van der Waals surface area contributed by atoms with Crippen LogP contribution in [0.25, 0.3) is 11.0 Å². The fraction of sp³-hybridized carbons (Fsp3) is 0.562. The van der Waals surface area contributed by atoms with Gasteiger partial charge in [-0.2, -0.15) is 10.2 Å². The van der Waals surface area contributed by atoms with Crippen molar-refractivity contribution in [1.29, 1.82) is 0 Å². The summed E-state index contributed by atoms with van der Waals surface area (Å²) in [5.74, 6) is -0.970. The molecular formula is C16H25FN2OS. The lowest BCUT2D eigenvalue weighted by atomic mass is 10.3. The summed E-state index contributed by atoms with van der Waals surface area (Å²) >= 11 is 0. The fourth-order valence-corrected chi connectivity index (χ4v) is 8.94. The fourth-order valence-electron chi connectivity index (χ4n) is 3.59. The molecule has 3 nitrogen and oxygen atoms in total. The molecule has 2 aromatic heterocycles. The summed E-state index contributed by atoms with van der Waals surface area (Å²) in [5, 5.41) is 11.3. The third-order valence-electron chi connectivity index (χ3n) is 4.20. The highest BCUT2D eigenvalue weighted by molar-refractivity contribution is 8.33. The first-order valence-corrected chi connectivity index (χ1v) is 9.17. The summed E-state index contributed by atoms with van der Waals surface area (Å²) in [6, 6.07) is 1.73. The second-order valence-corrected chi connectivity index (χ2v) is 10.9. The monoisotopic (exact) mass is 312 g/mol. The van der Waals surface area contributed by atoms with E-state index in [4.69, 9.17) is 0 Å². The van der Waals surface area contributed by atoms with Crippen LogP contribution in [0.15, 0.2) is 18.5 Å². The Morgan fingerprint density at radius 1 is 1.10 bits per heavy atom. The summed E-state index contributed by atoms with van der Waals surface area (Å²) in [6.07, 6.45) is 3.15. The second kappa shape index (κ2) is 5.52. The maximum absolute atomic E-state index is 14.1. The average Bonchev–Trinajstić information content (AvgIpc) is 2.78. The third-order valence-corrected chi connectivity index (χ3v) is 9.71. The molecule has 0 unspecified atom stereocenters. The normalized spacial score (nSPS) is 13.8. The van der Waals surface area contributed by atoms with E-state index in [0.29, 0.717) is 26.8 Å². The van der Waals surface area contributed by atoms with E-state index >= 15 is 0 Å². The SMILES string of the molecule is CC(C)S(C(C)C)(C(C)C)n1ccc2c(F)c(O)cnc21. The Bertz CT molecular complexity index is 627. The zero-order valence-corrected chi connectivity index (χ0v) is 14.4. The van der Waals surface area contributed by atoms with Crippen LogP contribution in [0.3, 0.4) is 0 Å². The van der Waals surface area contributed by atoms with Gasteiger partial charge in [-0.05, 0) is 6.07 Å². The Morgan fingerprint density at radius 2 is 1.62 bits per heavy atom. The highest BCUT2D eigenvalue weighted by Gasteiger charge is 2.37. The predicted octanol–water partition coefficient (Wildman–Crippen LogP) is 4.67. The molecule has 2 aromatic rings. The molecule has 0 aliphatic rings. The number of fused-ring (bicyclic) bond motifs is 1. The van der Waals surface area contributed by atoms with Crippen molar-refractivity contribution in [3.05, 3.63) is 24.3 Å². The summed E-state index contributed by atoms with van der Waals surface area (Å²) in [6.45, 7) is 13.4. The van der Waals surface area contributed by atoms with E-state index in [1.54, 1.807) is 6.07 Å². The van der Waals surface area contributed by atoms with Crippen molar-refractivity contribution in [3.63, 3.8) is 0 Å². The van der Waals surface area contributed by atoms with Gasteiger partial charge in [0.15, 0.2) is 17.2 Å². The van der Waals surface area contributed by atoms with E-state index < -0.39 is 16.0 Å². The molecule has 2 heterocycles. The first-order valence-electron chi connectivity index (χ1n) is 7.39. The minimum Gasteiger partial charge on any atom is -0.504 e. The Hall–Kier alpha value is -1.23. The van der Waals surface area contributed by atoms with Gasteiger partial charge in [-0.3, -0.25) is 3.97 Å². The molecule has 118 valence electrons. The lowest BCUT2D eigenvalue weighted by molar-refractivity contribution is 0.433. The molecule has 0 aliphatic heterocycles. The van der Waals surface area contributed by atoms with Gasteiger partial charge in [-0.25, -0.2) is 9.37 Å². The van der Waals surface area contributed by atoms with E-state index in [1.165, 1.54) is 6.20 Å². The summed E-state index contributed by atoms with van der Waals surface area (Å²) in [5.41, 5.74) is 0.636. The molecule has 0 atom stereocenters. The Morgan fingerprint density at radius 3 is 2.10 bits per heavy atom. The first kappa shape index (κ1) is 16.1. The molecule has 0 aromatic carbocycles. The summed E-state index contributed by atoms with van der Waals surface area (Å²) < 4.78 is 16.3. The van der Waals surface area contributed by atoms with Crippen molar-refractivity contribution < 1.29 is 9.50 Å². The third kappa shape index (κ3) is 2.22. The van der Waals surface area contributed by atoms with E-state index in [-0.39, 0.29) is 5.75 Å². The van der Waals surface area contributed by atoms with Gasteiger partial charge in [0.25, 0.3) is 0 Å². The van der Waals surface area contributed by atoms with Crippen molar-refractivity contribution in [1.82, 2.24) is 8.96 Å². The molecule has 0 saturated heterocycles. The number of halogens is 1. The number of hydrogen-bond donors (Lipinski definition) is 1. The summed E-state index contributed by atoms with van der Waals surface area (Å²) in [4.78, 5) is 4.31. The van der Waals surface area contributed by atoms with Gasteiger partial charge >= 0.3 is 0 Å². The standard InChI is InChI=1S/C16H25FN2OS/c1-10(2)21(11(3)4,12(5)6)19-8-7-13-15(17)14(20)9-18-16(13)19/h7-12,20H,1-6H3. The number of aromatic nitrogens is 2. The molecule has 5 heteroatoms. The Balaban J connectivity index is 2.81. The molecule has 2 rings (SSSR count). The van der Waals surface area contributed by atoms with Crippen LogP contribution in [0.5, 0.6) is 5.75 Å². The molecule has 0 amide bonds. The van der Waals surface area contributed by atoms with Crippen LogP contribution in [0.2, 0.25) is 0 Å². The lowest BCUT2D eigenvalue weighted by Gasteiger charge is -2.52. The van der Waals surface area contributed by atoms with Crippen LogP contribution in [0.1, 0.15) is 41.5 Å². The highest BCUT2D eigenvalue weighted by atomic mass is 32.3. The molecule has 1 N–H and O–H groups in total. The van der Waals surface area contributed by atoms with Crippen LogP contribution in [0, 0.1) is 5.82 Å². The Kier molecular flexibility index (Phi) is 4.24. The Labute approximate surface area is 127 Å². The smallest absolute Gasteiger partial charge is 0.177 e. The van der Waals surface area contributed by atoms with Gasteiger partial charge in [0.2, 0.25) is 0 Å². The lowest BCUT2D eigenvalue weighted by Crippen LogP contribution is -2.33. The molecule has 21 heavy (non-hydrogen) atoms. The molecule has 0 fully saturated rings. The van der Waals surface area contributed by atoms with Crippen LogP contribution in [-0.4, -0.2) is 29.8 Å². The minimum atomic E-state index is -1.23. The van der Waals surface area contributed by atoms with E-state index in [9.17, 15) is 9.50 Å². The number of pyridine rings is 1. The van der Waals surface area contributed by atoms with Gasteiger partial charge in [0.1, 0.15) is 0 Å². The largest absolute Gasteiger partial charge is 0.504 e. The topological polar surface area (TPSA) is 38.0 Å². The van der Waals surface area contributed by atoms with Gasteiger partial charge < -0.3 is 5.11 Å². The van der Waals surface area contributed by atoms with Crippen molar-refractivity contribution in [2.45, 2.75) is 57.3 Å². The van der Waals surface area contributed by atoms with Gasteiger partial charge in [0.05, 0.1) is 11.6 Å². The van der Waals surface area contributed by atoms with Gasteiger partial charge in [0, 0.05) is 21.9 Å². The van der Waals surface area contributed by atoms with Crippen molar-refractivity contribution in [2.75, 3.05) is 0 Å². The summed E-state index contributed by atoms with van der Waals surface area (Å²) in [7, 11) is -1.23. The maximum atomic E-state index is 14.1. The van der Waals surface area contributed by atoms with E-state index in [1.807, 2.05) is 6.20 Å². The van der Waals surface area contributed by atoms with Crippen molar-refractivity contribution >= 4 is 21.2 Å². The molecule has 0 aliphatic carbocycles. The van der Waals surface area contributed by atoms with Crippen LogP contribution in [-0.2, 0) is 0 Å². The van der Waals surface area contributed by atoms with Gasteiger partial charge in [-0.15, -0.1) is 0 Å². The van der Waals surface area contributed by atoms with Crippen LogP contribution >= 0.6 is 10.2 Å². The average molecular weight is 312 g/mol. The number of aromatic hydroxyl groups is 1. The molecule has 0 saturated carbocycles. The molecular weight excluding hydrogens is 287 g/mol. The van der Waals surface area contributed by atoms with Crippen LogP contribution in [0.4, 0.5) is 4.39 Å². The first-order chi connectivity index (χ1) is 9.74. The highest BCUT2D eigenvalue weighted by Crippen LogP contribution is 2.62. The molecule has 0 spiro atoms. The number of hydrogen-bond acceptors (Lipinski definition) is 2. The van der Waals surface area contributed by atoms with E-state index in [2.05, 4.69) is 50.5 Å². The number of rotatable bonds is 4. The minimum absolute atomic E-state index is 0.389. The quantitative estimate of drug-likeness (QED) is 0.890. The van der Waals surface area contributed by atoms with Crippen molar-refractivity contribution in [2.24, 2.45) is 0 Å². The van der Waals surface area contributed by atoms with E-state index in [0.717, 1.165) is 0 Å². The predicted molar refractivity (Wildman–Crippen MR) is 89.8 cm³/mol. The molecule has 0 radical (unpaired) electrons. The van der Waals surface area contributed by atoms with Gasteiger partial charge in [-0.1, -0.05) is 41.5 Å². The zero-order valence-electron chi connectivity index (χ0n) is 13.6. The van der Waals surface area contributed by atoms with Crippen molar-refractivity contribution in [3.8, 4) is 5.75 Å². The number of nitrogens with zero attached hydrogens (tertiary/aromatic N) is 2.